The van der Waals surface area contributed by atoms with Crippen molar-refractivity contribution in [3.05, 3.63) is 53.4 Å². The number of pyridine rings is 1. The predicted molar refractivity (Wildman–Crippen MR) is 89.6 cm³/mol. The van der Waals surface area contributed by atoms with Crippen LogP contribution in [0.4, 0.5) is 4.39 Å². The molecule has 0 bridgehead atoms. The summed E-state index contributed by atoms with van der Waals surface area (Å²) >= 11 is 0. The summed E-state index contributed by atoms with van der Waals surface area (Å²) in [7, 11) is 0. The van der Waals surface area contributed by atoms with E-state index in [1.54, 1.807) is 0 Å². The number of halogens is 1. The third-order valence-electron chi connectivity index (χ3n) is 5.34. The SMILES string of the molecule is CC1(C)C(=O)N(C2CC2)C2=CC(NC(=O)c3ccncc3F)=CCC21. The number of carbonyl (C=O) groups is 2. The second-order valence-electron chi connectivity index (χ2n) is 7.45. The van der Waals surface area contributed by atoms with Gasteiger partial charge in [-0.15, -0.1) is 0 Å². The molecular formula is C19H20FN3O2. The number of fused-ring (bicyclic) bond motifs is 1. The minimum atomic E-state index is -0.654. The Balaban J connectivity index is 1.60. The van der Waals surface area contributed by atoms with Gasteiger partial charge in [0.15, 0.2) is 5.82 Å². The van der Waals surface area contributed by atoms with Gasteiger partial charge in [-0.25, -0.2) is 4.39 Å². The maximum atomic E-state index is 13.7. The molecule has 6 heteroatoms. The van der Waals surface area contributed by atoms with Gasteiger partial charge in [0.1, 0.15) is 0 Å². The lowest BCUT2D eigenvalue weighted by molar-refractivity contribution is -0.135. The minimum absolute atomic E-state index is 0.0432. The molecule has 130 valence electrons. The van der Waals surface area contributed by atoms with Crippen molar-refractivity contribution in [2.24, 2.45) is 11.3 Å². The topological polar surface area (TPSA) is 62.3 Å². The molecule has 1 aromatic heterocycles. The summed E-state index contributed by atoms with van der Waals surface area (Å²) in [5.74, 6) is -0.881. The summed E-state index contributed by atoms with van der Waals surface area (Å²) in [5.41, 5.74) is 1.12. The molecule has 0 radical (unpaired) electrons. The number of hydrogen-bond acceptors (Lipinski definition) is 3. The van der Waals surface area contributed by atoms with E-state index < -0.39 is 17.1 Å². The molecule has 1 aromatic rings. The lowest BCUT2D eigenvalue weighted by Crippen LogP contribution is -2.32. The van der Waals surface area contributed by atoms with Crippen LogP contribution >= 0.6 is 0 Å². The van der Waals surface area contributed by atoms with Crippen LogP contribution in [0.1, 0.15) is 43.5 Å². The van der Waals surface area contributed by atoms with Crippen molar-refractivity contribution in [1.29, 1.82) is 0 Å². The first-order valence-corrected chi connectivity index (χ1v) is 8.56. The van der Waals surface area contributed by atoms with E-state index in [0.29, 0.717) is 12.1 Å². The highest BCUT2D eigenvalue weighted by atomic mass is 19.1. The summed E-state index contributed by atoms with van der Waals surface area (Å²) in [5, 5.41) is 2.75. The van der Waals surface area contributed by atoms with Crippen LogP contribution in [0.25, 0.3) is 0 Å². The molecule has 3 aliphatic rings. The number of nitrogens with one attached hydrogen (secondary N) is 1. The minimum Gasteiger partial charge on any atom is -0.322 e. The van der Waals surface area contributed by atoms with Crippen molar-refractivity contribution in [2.75, 3.05) is 0 Å². The van der Waals surface area contributed by atoms with E-state index in [4.69, 9.17) is 0 Å². The van der Waals surface area contributed by atoms with Gasteiger partial charge in [-0.3, -0.25) is 14.6 Å². The van der Waals surface area contributed by atoms with Crippen molar-refractivity contribution in [3.8, 4) is 0 Å². The molecule has 4 rings (SSSR count). The zero-order valence-corrected chi connectivity index (χ0v) is 14.3. The zero-order valence-electron chi connectivity index (χ0n) is 14.3. The van der Waals surface area contributed by atoms with Crippen molar-refractivity contribution in [3.63, 3.8) is 0 Å². The van der Waals surface area contributed by atoms with Gasteiger partial charge in [-0.2, -0.15) is 0 Å². The molecule has 1 unspecified atom stereocenters. The van der Waals surface area contributed by atoms with Crippen LogP contribution in [0, 0.1) is 17.2 Å². The summed E-state index contributed by atoms with van der Waals surface area (Å²) in [6.07, 6.45) is 8.92. The van der Waals surface area contributed by atoms with Crippen molar-refractivity contribution in [1.82, 2.24) is 15.2 Å². The number of allylic oxidation sites excluding steroid dienone is 3. The summed E-state index contributed by atoms with van der Waals surface area (Å²) in [4.78, 5) is 30.7. The number of aromatic nitrogens is 1. The molecular weight excluding hydrogens is 321 g/mol. The van der Waals surface area contributed by atoms with E-state index in [1.165, 1.54) is 12.3 Å². The van der Waals surface area contributed by atoms with Crippen LogP contribution in [0.5, 0.6) is 0 Å². The Hall–Kier alpha value is -2.50. The zero-order chi connectivity index (χ0) is 17.8. The molecule has 2 aliphatic carbocycles. The molecule has 1 atom stereocenters. The summed E-state index contributed by atoms with van der Waals surface area (Å²) in [6.45, 7) is 3.97. The van der Waals surface area contributed by atoms with E-state index in [0.717, 1.165) is 24.7 Å². The molecule has 2 amide bonds. The van der Waals surface area contributed by atoms with E-state index in [9.17, 15) is 14.0 Å². The van der Waals surface area contributed by atoms with Crippen LogP contribution in [-0.2, 0) is 4.79 Å². The lowest BCUT2D eigenvalue weighted by Gasteiger charge is -2.26. The molecule has 1 aliphatic heterocycles. The Kier molecular flexibility index (Phi) is 3.52. The fraction of sp³-hybridized carbons (Fsp3) is 0.421. The van der Waals surface area contributed by atoms with E-state index in [-0.39, 0.29) is 23.4 Å². The highest BCUT2D eigenvalue weighted by Gasteiger charge is 2.54. The third kappa shape index (κ3) is 2.56. The van der Waals surface area contributed by atoms with E-state index in [2.05, 4.69) is 10.3 Å². The van der Waals surface area contributed by atoms with Gasteiger partial charge in [0.2, 0.25) is 5.91 Å². The molecule has 5 nitrogen and oxygen atoms in total. The number of likely N-dealkylation sites (tertiary alicyclic amines) is 1. The van der Waals surface area contributed by atoms with Gasteiger partial charge in [0, 0.05) is 29.6 Å². The van der Waals surface area contributed by atoms with Crippen molar-refractivity contribution >= 4 is 11.8 Å². The highest BCUT2D eigenvalue weighted by Crippen LogP contribution is 2.51. The van der Waals surface area contributed by atoms with Crippen LogP contribution in [0.15, 0.2) is 42.0 Å². The first kappa shape index (κ1) is 16.0. The molecule has 1 N–H and O–H groups in total. The number of hydrogen-bond donors (Lipinski definition) is 1. The largest absolute Gasteiger partial charge is 0.322 e. The third-order valence-corrected chi connectivity index (χ3v) is 5.34. The van der Waals surface area contributed by atoms with E-state index >= 15 is 0 Å². The van der Waals surface area contributed by atoms with Gasteiger partial charge in [0.25, 0.3) is 5.91 Å². The predicted octanol–water partition coefficient (Wildman–Crippen LogP) is 2.77. The number of amides is 2. The first-order chi connectivity index (χ1) is 11.9. The average Bonchev–Trinajstić information content (AvgIpc) is 3.37. The fourth-order valence-electron chi connectivity index (χ4n) is 3.72. The highest BCUT2D eigenvalue weighted by molar-refractivity contribution is 5.96. The monoisotopic (exact) mass is 341 g/mol. The number of carbonyl (C=O) groups excluding carboxylic acids is 2. The van der Waals surface area contributed by atoms with Gasteiger partial charge in [-0.1, -0.05) is 19.9 Å². The normalized spacial score (nSPS) is 24.5. The molecule has 0 spiro atoms. The van der Waals surface area contributed by atoms with Crippen molar-refractivity contribution < 1.29 is 14.0 Å². The molecule has 25 heavy (non-hydrogen) atoms. The van der Waals surface area contributed by atoms with Gasteiger partial charge in [0.05, 0.1) is 17.2 Å². The molecule has 1 saturated heterocycles. The lowest BCUT2D eigenvalue weighted by atomic mass is 9.76. The quantitative estimate of drug-likeness (QED) is 0.919. The van der Waals surface area contributed by atoms with Crippen LogP contribution < -0.4 is 5.32 Å². The Bertz CT molecular complexity index is 824. The first-order valence-electron chi connectivity index (χ1n) is 8.56. The maximum absolute atomic E-state index is 13.7. The number of rotatable bonds is 3. The Morgan fingerprint density at radius 1 is 1.40 bits per heavy atom. The van der Waals surface area contributed by atoms with Crippen LogP contribution in [0.2, 0.25) is 0 Å². The molecule has 2 heterocycles. The molecule has 1 saturated carbocycles. The van der Waals surface area contributed by atoms with Gasteiger partial charge in [-0.05, 0) is 31.4 Å². The van der Waals surface area contributed by atoms with Crippen LogP contribution in [0.3, 0.4) is 0 Å². The summed E-state index contributed by atoms with van der Waals surface area (Å²) < 4.78 is 13.7. The smallest absolute Gasteiger partial charge is 0.258 e. The Labute approximate surface area is 145 Å². The Morgan fingerprint density at radius 3 is 2.84 bits per heavy atom. The standard InChI is InChI=1S/C19H20FN3O2/c1-19(2)14-6-3-11(9-16(14)23(18(19)25)12-4-5-12)22-17(24)13-7-8-21-10-15(13)20/h3,7-10,12,14H,4-6H2,1-2H3,(H,22,24). The van der Waals surface area contributed by atoms with Crippen molar-refractivity contribution in [2.45, 2.75) is 39.2 Å². The van der Waals surface area contributed by atoms with Gasteiger partial charge >= 0.3 is 0 Å². The Morgan fingerprint density at radius 2 is 2.16 bits per heavy atom. The van der Waals surface area contributed by atoms with Crippen LogP contribution in [-0.4, -0.2) is 27.7 Å². The van der Waals surface area contributed by atoms with Gasteiger partial charge < -0.3 is 10.2 Å². The maximum Gasteiger partial charge on any atom is 0.258 e. The second-order valence-corrected chi connectivity index (χ2v) is 7.45. The number of nitrogens with zero attached hydrogens (tertiary/aromatic N) is 2. The molecule has 2 fully saturated rings. The summed E-state index contributed by atoms with van der Waals surface area (Å²) in [6, 6.07) is 1.64. The molecule has 0 aromatic carbocycles. The second kappa shape index (κ2) is 5.51. The van der Waals surface area contributed by atoms with E-state index in [1.807, 2.05) is 30.9 Å². The average molecular weight is 341 g/mol. The fourth-order valence-corrected chi connectivity index (χ4v) is 3.72.